The molecule has 1 aromatic heterocycles. The van der Waals surface area contributed by atoms with Crippen LogP contribution >= 0.6 is 22.9 Å². The Morgan fingerprint density at radius 1 is 0.938 bits per heavy atom. The third-order valence-corrected chi connectivity index (χ3v) is 6.50. The van der Waals surface area contributed by atoms with Crippen LogP contribution in [0.25, 0.3) is 0 Å². The molecule has 166 valence electrons. The molecule has 0 saturated heterocycles. The molecule has 0 bridgehead atoms. The maximum Gasteiger partial charge on any atom is 0.341 e. The molecule has 0 radical (unpaired) electrons. The van der Waals surface area contributed by atoms with E-state index in [9.17, 15) is 14.4 Å². The van der Waals surface area contributed by atoms with Gasteiger partial charge in [-0.25, -0.2) is 4.79 Å². The maximum absolute atomic E-state index is 13.0. The highest BCUT2D eigenvalue weighted by atomic mass is 35.5. The molecule has 3 rings (SSSR count). The number of halogens is 1. The highest BCUT2D eigenvalue weighted by Gasteiger charge is 2.27. The van der Waals surface area contributed by atoms with Crippen molar-refractivity contribution in [1.29, 1.82) is 0 Å². The second kappa shape index (κ2) is 9.97. The molecule has 8 heteroatoms. The third kappa shape index (κ3) is 5.00. The molecule has 0 aliphatic heterocycles. The van der Waals surface area contributed by atoms with Crippen LogP contribution in [0.4, 0.5) is 10.7 Å². The molecule has 0 aliphatic rings. The van der Waals surface area contributed by atoms with Crippen LogP contribution < -0.4 is 10.6 Å². The van der Waals surface area contributed by atoms with Crippen LogP contribution in [-0.2, 0) is 4.74 Å². The quantitative estimate of drug-likeness (QED) is 0.432. The Morgan fingerprint density at radius 2 is 1.62 bits per heavy atom. The van der Waals surface area contributed by atoms with Crippen LogP contribution in [0.1, 0.15) is 54.0 Å². The SMILES string of the molecule is CCOC(=O)c1c(NC(=O)c2ccc(C)cc2)sc(C(=O)Nc2cccc(Cl)c2C)c1C. The summed E-state index contributed by atoms with van der Waals surface area (Å²) in [5.74, 6) is -1.38. The van der Waals surface area contributed by atoms with E-state index in [-0.39, 0.29) is 23.1 Å². The lowest BCUT2D eigenvalue weighted by atomic mass is 10.1. The lowest BCUT2D eigenvalue weighted by molar-refractivity contribution is 0.0527. The molecule has 3 aromatic rings. The molecule has 6 nitrogen and oxygen atoms in total. The first kappa shape index (κ1) is 23.5. The van der Waals surface area contributed by atoms with Crippen molar-refractivity contribution in [2.75, 3.05) is 17.2 Å². The first-order valence-electron chi connectivity index (χ1n) is 9.97. The Kier molecular flexibility index (Phi) is 7.33. The van der Waals surface area contributed by atoms with Crippen molar-refractivity contribution in [3.63, 3.8) is 0 Å². The molecular weight excluding hydrogens is 448 g/mol. The Hall–Kier alpha value is -3.16. The fraction of sp³-hybridized carbons (Fsp3) is 0.208. The normalized spacial score (nSPS) is 10.5. The van der Waals surface area contributed by atoms with Crippen LogP contribution in [0.15, 0.2) is 42.5 Å². The monoisotopic (exact) mass is 470 g/mol. The number of rotatable bonds is 6. The number of hydrogen-bond donors (Lipinski definition) is 2. The van der Waals surface area contributed by atoms with Gasteiger partial charge in [0, 0.05) is 16.3 Å². The van der Waals surface area contributed by atoms with Crippen molar-refractivity contribution in [3.05, 3.63) is 80.2 Å². The van der Waals surface area contributed by atoms with Crippen molar-refractivity contribution >= 4 is 51.4 Å². The van der Waals surface area contributed by atoms with Crippen LogP contribution in [0.3, 0.4) is 0 Å². The summed E-state index contributed by atoms with van der Waals surface area (Å²) in [4.78, 5) is 38.7. The summed E-state index contributed by atoms with van der Waals surface area (Å²) in [5.41, 5.74) is 3.37. The number of thiophene rings is 1. The van der Waals surface area contributed by atoms with Gasteiger partial charge in [0.1, 0.15) is 5.00 Å². The van der Waals surface area contributed by atoms with Gasteiger partial charge in [0.25, 0.3) is 11.8 Å². The predicted octanol–water partition coefficient (Wildman–Crippen LogP) is 6.01. The van der Waals surface area contributed by atoms with Gasteiger partial charge in [0.15, 0.2) is 0 Å². The molecule has 0 atom stereocenters. The number of amides is 2. The number of anilines is 2. The van der Waals surface area contributed by atoms with Gasteiger partial charge in [-0.3, -0.25) is 9.59 Å². The summed E-state index contributed by atoms with van der Waals surface area (Å²) < 4.78 is 5.17. The van der Waals surface area contributed by atoms with Crippen molar-refractivity contribution < 1.29 is 19.1 Å². The standard InChI is InChI=1S/C24H23ClN2O4S/c1-5-31-24(30)19-15(4)20(22(29)26-18-8-6-7-17(25)14(18)3)32-23(19)27-21(28)16-11-9-13(2)10-12-16/h6-12H,5H2,1-4H3,(H,26,29)(H,27,28). The van der Waals surface area contributed by atoms with E-state index < -0.39 is 11.9 Å². The van der Waals surface area contributed by atoms with Gasteiger partial charge in [0.2, 0.25) is 0 Å². The first-order valence-corrected chi connectivity index (χ1v) is 11.2. The Balaban J connectivity index is 1.96. The lowest BCUT2D eigenvalue weighted by Crippen LogP contribution is -2.15. The third-order valence-electron chi connectivity index (χ3n) is 4.89. The number of carbonyl (C=O) groups excluding carboxylic acids is 3. The van der Waals surface area contributed by atoms with Crippen LogP contribution in [-0.4, -0.2) is 24.4 Å². The van der Waals surface area contributed by atoms with Crippen LogP contribution in [0.5, 0.6) is 0 Å². The molecule has 0 unspecified atom stereocenters. The smallest absolute Gasteiger partial charge is 0.341 e. The zero-order chi connectivity index (χ0) is 23.4. The summed E-state index contributed by atoms with van der Waals surface area (Å²) in [6.07, 6.45) is 0. The molecule has 32 heavy (non-hydrogen) atoms. The minimum atomic E-state index is -0.599. The van der Waals surface area contributed by atoms with Crippen LogP contribution in [0, 0.1) is 20.8 Å². The summed E-state index contributed by atoms with van der Waals surface area (Å²) in [6, 6.07) is 12.3. The van der Waals surface area contributed by atoms with Gasteiger partial charge in [0.05, 0.1) is 17.0 Å². The second-order valence-electron chi connectivity index (χ2n) is 7.17. The van der Waals surface area contributed by atoms with E-state index in [1.54, 1.807) is 51.1 Å². The van der Waals surface area contributed by atoms with Crippen molar-refractivity contribution in [1.82, 2.24) is 0 Å². The lowest BCUT2D eigenvalue weighted by Gasteiger charge is -2.09. The topological polar surface area (TPSA) is 84.5 Å². The molecule has 0 aliphatic carbocycles. The second-order valence-corrected chi connectivity index (χ2v) is 8.60. The Labute approximate surface area is 195 Å². The number of carbonyl (C=O) groups is 3. The molecule has 0 fully saturated rings. The largest absolute Gasteiger partial charge is 0.462 e. The zero-order valence-electron chi connectivity index (χ0n) is 18.2. The van der Waals surface area contributed by atoms with E-state index in [1.807, 2.05) is 19.1 Å². The zero-order valence-corrected chi connectivity index (χ0v) is 19.7. The van der Waals surface area contributed by atoms with Gasteiger partial charge >= 0.3 is 5.97 Å². The van der Waals surface area contributed by atoms with E-state index >= 15 is 0 Å². The number of hydrogen-bond acceptors (Lipinski definition) is 5. The summed E-state index contributed by atoms with van der Waals surface area (Å²) in [6.45, 7) is 7.25. The molecule has 2 amide bonds. The van der Waals surface area contributed by atoms with Crippen molar-refractivity contribution in [3.8, 4) is 0 Å². The molecule has 2 aromatic carbocycles. The van der Waals surface area contributed by atoms with Gasteiger partial charge in [-0.05, 0) is 63.1 Å². The number of esters is 1. The highest BCUT2D eigenvalue weighted by Crippen LogP contribution is 2.35. The highest BCUT2D eigenvalue weighted by molar-refractivity contribution is 7.19. The number of nitrogens with one attached hydrogen (secondary N) is 2. The number of benzene rings is 2. The van der Waals surface area contributed by atoms with E-state index in [1.165, 1.54) is 0 Å². The summed E-state index contributed by atoms with van der Waals surface area (Å²) in [5, 5.41) is 6.39. The fourth-order valence-electron chi connectivity index (χ4n) is 3.07. The minimum absolute atomic E-state index is 0.169. The average molecular weight is 471 g/mol. The van der Waals surface area contributed by atoms with E-state index in [2.05, 4.69) is 10.6 Å². The number of ether oxygens (including phenoxy) is 1. The van der Waals surface area contributed by atoms with E-state index in [0.29, 0.717) is 26.7 Å². The van der Waals surface area contributed by atoms with Gasteiger partial charge < -0.3 is 15.4 Å². The summed E-state index contributed by atoms with van der Waals surface area (Å²) >= 11 is 7.17. The van der Waals surface area contributed by atoms with E-state index in [0.717, 1.165) is 22.5 Å². The number of aryl methyl sites for hydroxylation is 1. The molecule has 0 saturated carbocycles. The van der Waals surface area contributed by atoms with Gasteiger partial charge in [-0.1, -0.05) is 35.4 Å². The molecule has 0 spiro atoms. The van der Waals surface area contributed by atoms with Crippen LogP contribution in [0.2, 0.25) is 5.02 Å². The summed E-state index contributed by atoms with van der Waals surface area (Å²) in [7, 11) is 0. The van der Waals surface area contributed by atoms with Crippen molar-refractivity contribution in [2.24, 2.45) is 0 Å². The molecular formula is C24H23ClN2O4S. The first-order chi connectivity index (χ1) is 15.2. The van der Waals surface area contributed by atoms with Gasteiger partial charge in [-0.2, -0.15) is 0 Å². The molecule has 2 N–H and O–H groups in total. The fourth-order valence-corrected chi connectivity index (χ4v) is 4.33. The predicted molar refractivity (Wildman–Crippen MR) is 128 cm³/mol. The van der Waals surface area contributed by atoms with E-state index in [4.69, 9.17) is 16.3 Å². The maximum atomic E-state index is 13.0. The molecule has 1 heterocycles. The minimum Gasteiger partial charge on any atom is -0.462 e. The Morgan fingerprint density at radius 3 is 2.28 bits per heavy atom. The average Bonchev–Trinajstić information content (AvgIpc) is 3.08. The van der Waals surface area contributed by atoms with Gasteiger partial charge in [-0.15, -0.1) is 11.3 Å². The Bertz CT molecular complexity index is 1190. The van der Waals surface area contributed by atoms with Crippen molar-refractivity contribution in [2.45, 2.75) is 27.7 Å².